The Morgan fingerprint density at radius 1 is 0.739 bits per heavy atom. The molecule has 0 spiro atoms. The number of carboxylic acids is 2. The summed E-state index contributed by atoms with van der Waals surface area (Å²) in [6.45, 7) is 8.35. The first-order valence-electron chi connectivity index (χ1n) is 7.18. The number of carbonyl (C=O) groups is 4. The van der Waals surface area contributed by atoms with Crippen molar-refractivity contribution >= 4 is 23.5 Å². The summed E-state index contributed by atoms with van der Waals surface area (Å²) in [5.74, 6) is -4.64. The van der Waals surface area contributed by atoms with E-state index < -0.39 is 61.5 Å². The summed E-state index contributed by atoms with van der Waals surface area (Å²) < 4.78 is 7.81. The van der Waals surface area contributed by atoms with Crippen LogP contribution in [0.5, 0.6) is 0 Å². The van der Waals surface area contributed by atoms with Gasteiger partial charge in [-0.2, -0.15) is 0 Å². The topological polar surface area (TPSA) is 127 Å². The fraction of sp³-hybridized carbons (Fsp3) is 0.714. The van der Waals surface area contributed by atoms with Crippen LogP contribution in [0.3, 0.4) is 0 Å². The number of Topliss-reactive ketones (excluding diaryl/α,β-unsaturated/α-hetero) is 2. The Morgan fingerprint density at radius 3 is 1.13 bits per heavy atom. The number of hydrogen-bond acceptors (Lipinski definition) is 6. The van der Waals surface area contributed by atoms with Crippen molar-refractivity contribution in [3.63, 3.8) is 0 Å². The fourth-order valence-corrected chi connectivity index (χ4v) is 9.06. The monoisotopic (exact) mass is 368 g/mol. The van der Waals surface area contributed by atoms with Gasteiger partial charge in [0.15, 0.2) is 0 Å². The summed E-state index contributed by atoms with van der Waals surface area (Å²) >= 11 is -5.00. The molecule has 0 saturated carbocycles. The number of aliphatic carboxylic acids is 2. The number of carbonyl (C=O) groups excluding carboxylic acids is 2. The normalized spacial score (nSPS) is 14.6. The molecule has 0 bridgehead atoms. The van der Waals surface area contributed by atoms with Gasteiger partial charge in [0.25, 0.3) is 0 Å². The molecule has 0 aromatic rings. The zero-order valence-electron chi connectivity index (χ0n) is 14.2. The number of ketones is 2. The van der Waals surface area contributed by atoms with E-state index in [4.69, 9.17) is 6.64 Å². The average Bonchev–Trinajstić information content (AvgIpc) is 2.22. The first-order chi connectivity index (χ1) is 10.4. The summed E-state index contributed by atoms with van der Waals surface area (Å²) in [5, 5.41) is 19.0. The zero-order chi connectivity index (χ0) is 18.5. The number of rotatable bonds is 10. The Hall–Kier alpha value is -1.09. The van der Waals surface area contributed by atoms with E-state index in [-0.39, 0.29) is 0 Å². The quantitative estimate of drug-likeness (QED) is 0.441. The summed E-state index contributed by atoms with van der Waals surface area (Å²) in [4.78, 5) is 47.2. The molecule has 0 amide bonds. The van der Waals surface area contributed by atoms with E-state index in [2.05, 4.69) is 0 Å². The molecule has 2 N–H and O–H groups in total. The maximum absolute atomic E-state index is 11.9. The average molecular weight is 368 g/mol. The third kappa shape index (κ3) is 5.49. The Labute approximate surface area is 139 Å². The molecule has 8 nitrogen and oxygen atoms in total. The molecule has 0 aliphatic rings. The molecular formula is C14H24O8Ti. The van der Waals surface area contributed by atoms with Gasteiger partial charge in [-0.3, -0.25) is 0 Å². The van der Waals surface area contributed by atoms with Crippen LogP contribution in [0.2, 0.25) is 8.45 Å². The third-order valence-electron chi connectivity index (χ3n) is 2.95. The predicted octanol–water partition coefficient (Wildman–Crippen LogP) is 1.74. The van der Waals surface area contributed by atoms with E-state index in [9.17, 15) is 29.4 Å². The molecule has 0 heterocycles. The molecule has 9 heteroatoms. The van der Waals surface area contributed by atoms with E-state index in [1.165, 1.54) is 0 Å². The second kappa shape index (κ2) is 8.68. The molecule has 132 valence electrons. The van der Waals surface area contributed by atoms with E-state index in [1.807, 2.05) is 0 Å². The zero-order valence-corrected chi connectivity index (χ0v) is 15.7. The van der Waals surface area contributed by atoms with Gasteiger partial charge >= 0.3 is 139 Å². The van der Waals surface area contributed by atoms with Crippen LogP contribution in [0.15, 0.2) is 0 Å². The van der Waals surface area contributed by atoms with Gasteiger partial charge in [0.05, 0.1) is 0 Å². The Kier molecular flexibility index (Phi) is 8.27. The van der Waals surface area contributed by atoms with Gasteiger partial charge in [0.2, 0.25) is 0 Å². The van der Waals surface area contributed by atoms with Crippen molar-refractivity contribution in [2.24, 2.45) is 0 Å². The SMILES string of the molecule is CC(=O)[CH](C(=O)O)[Ti]([O]C(C)C)([O]C(C)C)[CH](C(C)=O)C(=O)O. The molecule has 23 heavy (non-hydrogen) atoms. The van der Waals surface area contributed by atoms with Crippen LogP contribution < -0.4 is 0 Å². The first-order valence-corrected chi connectivity index (χ1v) is 10.3. The minimum absolute atomic E-state index is 0.601. The molecule has 2 atom stereocenters. The number of carboxylic acid groups (broad SMARTS) is 2. The van der Waals surface area contributed by atoms with Crippen LogP contribution in [0.25, 0.3) is 0 Å². The summed E-state index contributed by atoms with van der Waals surface area (Å²) in [6.07, 6.45) is -1.20. The maximum atomic E-state index is 11.9. The van der Waals surface area contributed by atoms with Crippen LogP contribution in [0.1, 0.15) is 41.5 Å². The molecule has 0 aliphatic carbocycles. The fourth-order valence-electron chi connectivity index (χ4n) is 2.46. The molecule has 0 fully saturated rings. The van der Waals surface area contributed by atoms with Crippen LogP contribution in [0.4, 0.5) is 0 Å². The van der Waals surface area contributed by atoms with Crippen LogP contribution in [0, 0.1) is 0 Å². The van der Waals surface area contributed by atoms with Crippen LogP contribution in [-0.2, 0) is 43.2 Å². The van der Waals surface area contributed by atoms with Crippen molar-refractivity contribution < 1.29 is 53.4 Å². The van der Waals surface area contributed by atoms with Gasteiger partial charge in [-0.05, 0) is 0 Å². The van der Waals surface area contributed by atoms with Crippen LogP contribution in [-0.4, -0.2) is 45.9 Å². The van der Waals surface area contributed by atoms with E-state index in [1.54, 1.807) is 27.7 Å². The van der Waals surface area contributed by atoms with E-state index in [0.717, 1.165) is 13.8 Å². The molecule has 0 saturated heterocycles. The Morgan fingerprint density at radius 2 is 1.00 bits per heavy atom. The van der Waals surface area contributed by atoms with E-state index >= 15 is 0 Å². The molecule has 0 rings (SSSR count). The number of hydrogen-bond donors (Lipinski definition) is 2. The summed E-state index contributed by atoms with van der Waals surface area (Å²) in [6, 6.07) is 0. The van der Waals surface area contributed by atoms with Gasteiger partial charge in [-0.1, -0.05) is 0 Å². The predicted molar refractivity (Wildman–Crippen MR) is 76.6 cm³/mol. The summed E-state index contributed by atoms with van der Waals surface area (Å²) in [5.41, 5.74) is 0. The second-order valence-electron chi connectivity index (χ2n) is 5.82. The molecule has 0 aromatic heterocycles. The van der Waals surface area contributed by atoms with Crippen molar-refractivity contribution in [3.8, 4) is 0 Å². The molecule has 0 aromatic carbocycles. The van der Waals surface area contributed by atoms with Gasteiger partial charge in [0.1, 0.15) is 0 Å². The molecule has 0 radical (unpaired) electrons. The van der Waals surface area contributed by atoms with Crippen LogP contribution >= 0.6 is 0 Å². The van der Waals surface area contributed by atoms with Crippen molar-refractivity contribution in [2.45, 2.75) is 62.2 Å². The molecule has 2 unspecified atom stereocenters. The third-order valence-corrected chi connectivity index (χ3v) is 10.1. The van der Waals surface area contributed by atoms with Gasteiger partial charge in [-0.15, -0.1) is 0 Å². The Bertz CT molecular complexity index is 413. The minimum atomic E-state index is -5.00. The van der Waals surface area contributed by atoms with Crippen molar-refractivity contribution in [2.75, 3.05) is 0 Å². The summed E-state index contributed by atoms with van der Waals surface area (Å²) in [7, 11) is 0. The molecule has 0 aliphatic heterocycles. The van der Waals surface area contributed by atoms with Gasteiger partial charge in [-0.25, -0.2) is 0 Å². The van der Waals surface area contributed by atoms with Crippen molar-refractivity contribution in [3.05, 3.63) is 0 Å². The van der Waals surface area contributed by atoms with Gasteiger partial charge in [0, 0.05) is 0 Å². The molecular weight excluding hydrogens is 344 g/mol. The van der Waals surface area contributed by atoms with Crippen molar-refractivity contribution in [1.29, 1.82) is 0 Å². The van der Waals surface area contributed by atoms with E-state index in [0.29, 0.717) is 0 Å². The van der Waals surface area contributed by atoms with Gasteiger partial charge < -0.3 is 0 Å². The first kappa shape index (κ1) is 21.9. The standard InChI is InChI=1S/2C4H5O3.2C3H7O.Ti/c2*1-3(5)2-4(6)7;2*1-3(2)4;/h2*2H,1H3,(H,6,7);2*3H,1-2H3;/q;;2*-1;+2. The Balaban J connectivity index is 6.57. The van der Waals surface area contributed by atoms with Crippen molar-refractivity contribution in [1.82, 2.24) is 0 Å². The second-order valence-corrected chi connectivity index (χ2v) is 10.6.